The van der Waals surface area contributed by atoms with E-state index < -0.39 is 11.8 Å². The van der Waals surface area contributed by atoms with Crippen LogP contribution in [0.5, 0.6) is 11.5 Å². The van der Waals surface area contributed by atoms with Crippen LogP contribution in [0.4, 0.5) is 5.69 Å². The van der Waals surface area contributed by atoms with Crippen LogP contribution in [0, 0.1) is 0 Å². The summed E-state index contributed by atoms with van der Waals surface area (Å²) in [5, 5.41) is 6.61. The molecule has 3 rings (SSSR count). The molecular formula is C16H12ClN3O4. The molecule has 0 spiro atoms. The quantitative estimate of drug-likeness (QED) is 0.507. The number of ether oxygens (including phenoxy) is 2. The Morgan fingerprint density at radius 2 is 1.92 bits per heavy atom. The van der Waals surface area contributed by atoms with Crippen molar-refractivity contribution in [3.8, 4) is 11.5 Å². The average Bonchev–Trinajstić information content (AvgIpc) is 3.02. The molecule has 2 aromatic rings. The third kappa shape index (κ3) is 3.82. The van der Waals surface area contributed by atoms with Gasteiger partial charge < -0.3 is 14.8 Å². The van der Waals surface area contributed by atoms with Gasteiger partial charge in [0.2, 0.25) is 6.79 Å². The zero-order chi connectivity index (χ0) is 16.9. The molecule has 1 heterocycles. The molecule has 1 aliphatic heterocycles. The molecule has 0 unspecified atom stereocenters. The summed E-state index contributed by atoms with van der Waals surface area (Å²) in [6.07, 6.45) is 1.40. The molecule has 2 N–H and O–H groups in total. The van der Waals surface area contributed by atoms with Gasteiger partial charge in [0.1, 0.15) is 0 Å². The van der Waals surface area contributed by atoms with Crippen molar-refractivity contribution in [1.82, 2.24) is 5.43 Å². The average molecular weight is 346 g/mol. The Kier molecular flexibility index (Phi) is 4.62. The van der Waals surface area contributed by atoms with Crippen molar-refractivity contribution in [2.75, 3.05) is 12.1 Å². The fourth-order valence-electron chi connectivity index (χ4n) is 1.96. The maximum absolute atomic E-state index is 11.7. The highest BCUT2D eigenvalue weighted by Gasteiger charge is 2.14. The van der Waals surface area contributed by atoms with Gasteiger partial charge in [-0.2, -0.15) is 5.10 Å². The van der Waals surface area contributed by atoms with Gasteiger partial charge in [0.15, 0.2) is 11.5 Å². The van der Waals surface area contributed by atoms with E-state index in [2.05, 4.69) is 15.8 Å². The number of carbonyl (C=O) groups is 2. The Balaban J connectivity index is 1.55. The summed E-state index contributed by atoms with van der Waals surface area (Å²) >= 11 is 5.81. The van der Waals surface area contributed by atoms with E-state index in [1.807, 2.05) is 0 Å². The van der Waals surface area contributed by atoms with Crippen molar-refractivity contribution in [3.63, 3.8) is 0 Å². The van der Waals surface area contributed by atoms with E-state index in [9.17, 15) is 9.59 Å². The molecule has 8 heteroatoms. The summed E-state index contributed by atoms with van der Waals surface area (Å²) < 4.78 is 10.4. The first kappa shape index (κ1) is 15.8. The number of halogens is 1. The first-order valence-electron chi connectivity index (χ1n) is 6.91. The van der Waals surface area contributed by atoms with E-state index in [1.54, 1.807) is 36.4 Å². The van der Waals surface area contributed by atoms with Gasteiger partial charge in [0.05, 0.1) is 6.21 Å². The highest BCUT2D eigenvalue weighted by atomic mass is 35.5. The van der Waals surface area contributed by atoms with Crippen LogP contribution in [-0.4, -0.2) is 24.8 Å². The molecule has 122 valence electrons. The Labute approximate surface area is 142 Å². The molecule has 0 aromatic heterocycles. The molecule has 1 aliphatic rings. The molecule has 2 amide bonds. The lowest BCUT2D eigenvalue weighted by atomic mass is 10.2. The molecule has 0 atom stereocenters. The first-order valence-corrected chi connectivity index (χ1v) is 7.29. The predicted octanol–water partition coefficient (Wildman–Crippen LogP) is 2.16. The number of fused-ring (bicyclic) bond motifs is 1. The van der Waals surface area contributed by atoms with Crippen molar-refractivity contribution in [2.45, 2.75) is 0 Å². The molecule has 0 radical (unpaired) electrons. The van der Waals surface area contributed by atoms with Crippen molar-refractivity contribution < 1.29 is 19.1 Å². The van der Waals surface area contributed by atoms with Crippen LogP contribution in [0.2, 0.25) is 5.02 Å². The van der Waals surface area contributed by atoms with Gasteiger partial charge in [0.25, 0.3) is 0 Å². The normalized spacial score (nSPS) is 12.2. The van der Waals surface area contributed by atoms with E-state index in [0.29, 0.717) is 27.8 Å². The van der Waals surface area contributed by atoms with Gasteiger partial charge in [-0.1, -0.05) is 17.7 Å². The summed E-state index contributed by atoms with van der Waals surface area (Å²) in [5.41, 5.74) is 3.26. The van der Waals surface area contributed by atoms with Crippen molar-refractivity contribution in [2.24, 2.45) is 5.10 Å². The summed E-state index contributed by atoms with van der Waals surface area (Å²) in [5.74, 6) is -0.492. The molecular weight excluding hydrogens is 334 g/mol. The predicted molar refractivity (Wildman–Crippen MR) is 88.4 cm³/mol. The van der Waals surface area contributed by atoms with Crippen LogP contribution >= 0.6 is 11.6 Å². The Hall–Kier alpha value is -3.06. The van der Waals surface area contributed by atoms with Gasteiger partial charge in [-0.05, 0) is 42.0 Å². The molecule has 0 bridgehead atoms. The summed E-state index contributed by atoms with van der Waals surface area (Å²) in [7, 11) is 0. The lowest BCUT2D eigenvalue weighted by Crippen LogP contribution is -2.32. The lowest BCUT2D eigenvalue weighted by molar-refractivity contribution is -0.136. The molecule has 0 saturated heterocycles. The fourth-order valence-corrected chi connectivity index (χ4v) is 2.15. The van der Waals surface area contributed by atoms with Crippen molar-refractivity contribution in [1.29, 1.82) is 0 Å². The van der Waals surface area contributed by atoms with Gasteiger partial charge in [-0.3, -0.25) is 9.59 Å². The maximum Gasteiger partial charge on any atom is 0.329 e. The standard InChI is InChI=1S/C16H12ClN3O4/c17-11-2-1-3-12(7-11)19-15(21)16(22)20-18-8-10-4-5-13-14(6-10)24-9-23-13/h1-8H,9H2,(H,19,21)(H,20,22)/b18-8+. The highest BCUT2D eigenvalue weighted by molar-refractivity contribution is 6.39. The summed E-state index contributed by atoms with van der Waals surface area (Å²) in [6.45, 7) is 0.177. The summed E-state index contributed by atoms with van der Waals surface area (Å²) in [4.78, 5) is 23.4. The molecule has 7 nitrogen and oxygen atoms in total. The number of hydrazone groups is 1. The smallest absolute Gasteiger partial charge is 0.329 e. The summed E-state index contributed by atoms with van der Waals surface area (Å²) in [6, 6.07) is 11.7. The van der Waals surface area contributed by atoms with Gasteiger partial charge in [0, 0.05) is 10.7 Å². The van der Waals surface area contributed by atoms with Gasteiger partial charge in [-0.25, -0.2) is 5.43 Å². The van der Waals surface area contributed by atoms with Gasteiger partial charge in [-0.15, -0.1) is 0 Å². The minimum Gasteiger partial charge on any atom is -0.454 e. The minimum absolute atomic E-state index is 0.177. The Morgan fingerprint density at radius 1 is 1.08 bits per heavy atom. The molecule has 0 saturated carbocycles. The third-order valence-electron chi connectivity index (χ3n) is 3.07. The molecule has 0 fully saturated rings. The maximum atomic E-state index is 11.7. The number of nitrogens with zero attached hydrogens (tertiary/aromatic N) is 1. The number of amides is 2. The van der Waals surface area contributed by atoms with E-state index >= 15 is 0 Å². The second kappa shape index (κ2) is 7.01. The van der Waals surface area contributed by atoms with Crippen LogP contribution in [0.25, 0.3) is 0 Å². The second-order valence-electron chi connectivity index (χ2n) is 4.78. The number of hydrogen-bond acceptors (Lipinski definition) is 5. The van der Waals surface area contributed by atoms with Crippen LogP contribution in [0.1, 0.15) is 5.56 Å². The van der Waals surface area contributed by atoms with E-state index in [0.717, 1.165) is 0 Å². The number of rotatable bonds is 3. The zero-order valence-corrected chi connectivity index (χ0v) is 13.0. The third-order valence-corrected chi connectivity index (χ3v) is 3.30. The van der Waals surface area contributed by atoms with Crippen LogP contribution in [-0.2, 0) is 9.59 Å². The van der Waals surface area contributed by atoms with Crippen molar-refractivity contribution >= 4 is 35.3 Å². The van der Waals surface area contributed by atoms with Crippen molar-refractivity contribution in [3.05, 3.63) is 53.1 Å². The van der Waals surface area contributed by atoms with Gasteiger partial charge >= 0.3 is 11.8 Å². The topological polar surface area (TPSA) is 89.0 Å². The van der Waals surface area contributed by atoms with E-state index in [-0.39, 0.29) is 6.79 Å². The fraction of sp³-hybridized carbons (Fsp3) is 0.0625. The number of nitrogens with one attached hydrogen (secondary N) is 2. The highest BCUT2D eigenvalue weighted by Crippen LogP contribution is 2.31. The molecule has 0 aliphatic carbocycles. The Bertz CT molecular complexity index is 823. The minimum atomic E-state index is -0.896. The van der Waals surface area contributed by atoms with Crippen LogP contribution in [0.15, 0.2) is 47.6 Å². The zero-order valence-electron chi connectivity index (χ0n) is 12.3. The molecule has 2 aromatic carbocycles. The number of anilines is 1. The molecule has 24 heavy (non-hydrogen) atoms. The van der Waals surface area contributed by atoms with Crippen LogP contribution in [0.3, 0.4) is 0 Å². The van der Waals surface area contributed by atoms with Crippen LogP contribution < -0.4 is 20.2 Å². The first-order chi connectivity index (χ1) is 11.6. The Morgan fingerprint density at radius 3 is 2.75 bits per heavy atom. The van der Waals surface area contributed by atoms with E-state index in [4.69, 9.17) is 21.1 Å². The monoisotopic (exact) mass is 345 g/mol. The number of hydrogen-bond donors (Lipinski definition) is 2. The number of carbonyl (C=O) groups excluding carboxylic acids is 2. The second-order valence-corrected chi connectivity index (χ2v) is 5.21. The number of benzene rings is 2. The largest absolute Gasteiger partial charge is 0.454 e. The van der Waals surface area contributed by atoms with E-state index in [1.165, 1.54) is 12.3 Å². The lowest BCUT2D eigenvalue weighted by Gasteiger charge is -2.04. The SMILES string of the molecule is O=C(N/N=C/c1ccc2c(c1)OCO2)C(=O)Nc1cccc(Cl)c1.